The number of rotatable bonds is 4. The summed E-state index contributed by atoms with van der Waals surface area (Å²) in [6.07, 6.45) is -3.80. The highest BCUT2D eigenvalue weighted by atomic mass is 32.1. The van der Waals surface area contributed by atoms with Gasteiger partial charge in [0, 0.05) is 6.54 Å². The first kappa shape index (κ1) is 12.4. The molecule has 0 aromatic carbocycles. The van der Waals surface area contributed by atoms with Crippen LogP contribution in [0.4, 0.5) is 13.2 Å². The summed E-state index contributed by atoms with van der Waals surface area (Å²) < 4.78 is 37.6. The maximum atomic E-state index is 12.5. The SMILES string of the molecule is CCNCc1sc(CC)nc1C(F)(F)F. The molecule has 0 aliphatic heterocycles. The summed E-state index contributed by atoms with van der Waals surface area (Å²) in [6.45, 7) is 4.55. The minimum absolute atomic E-state index is 0.239. The molecule has 0 saturated heterocycles. The average molecular weight is 238 g/mol. The van der Waals surface area contributed by atoms with Gasteiger partial charge in [0.25, 0.3) is 0 Å². The number of nitrogens with zero attached hydrogens (tertiary/aromatic N) is 1. The lowest BCUT2D eigenvalue weighted by molar-refractivity contribution is -0.141. The van der Waals surface area contributed by atoms with Gasteiger partial charge in [0.2, 0.25) is 0 Å². The van der Waals surface area contributed by atoms with Gasteiger partial charge in [-0.3, -0.25) is 0 Å². The lowest BCUT2D eigenvalue weighted by Crippen LogP contribution is -2.15. The van der Waals surface area contributed by atoms with E-state index < -0.39 is 11.9 Å². The zero-order valence-corrected chi connectivity index (χ0v) is 9.43. The van der Waals surface area contributed by atoms with E-state index in [0.29, 0.717) is 18.0 Å². The summed E-state index contributed by atoms with van der Waals surface area (Å²) in [5.74, 6) is 0. The second-order valence-electron chi connectivity index (χ2n) is 3.01. The number of alkyl halides is 3. The van der Waals surface area contributed by atoms with Crippen LogP contribution in [0.1, 0.15) is 29.4 Å². The van der Waals surface area contributed by atoms with Gasteiger partial charge in [0.05, 0.1) is 9.88 Å². The quantitative estimate of drug-likeness (QED) is 0.872. The lowest BCUT2D eigenvalue weighted by atomic mass is 10.3. The fourth-order valence-electron chi connectivity index (χ4n) is 1.13. The Morgan fingerprint density at radius 2 is 2.00 bits per heavy atom. The number of hydrogen-bond acceptors (Lipinski definition) is 3. The van der Waals surface area contributed by atoms with E-state index in [1.54, 1.807) is 6.92 Å². The molecule has 0 unspecified atom stereocenters. The van der Waals surface area contributed by atoms with Crippen molar-refractivity contribution in [1.29, 1.82) is 0 Å². The van der Waals surface area contributed by atoms with Crippen LogP contribution >= 0.6 is 11.3 Å². The Hall–Kier alpha value is -0.620. The molecular weight excluding hydrogens is 225 g/mol. The fourth-order valence-corrected chi connectivity index (χ4v) is 2.13. The molecule has 0 saturated carbocycles. The van der Waals surface area contributed by atoms with Crippen molar-refractivity contribution in [2.24, 2.45) is 0 Å². The van der Waals surface area contributed by atoms with Crippen LogP contribution in [0.2, 0.25) is 0 Å². The summed E-state index contributed by atoms with van der Waals surface area (Å²) in [7, 11) is 0. The molecule has 1 aromatic heterocycles. The summed E-state index contributed by atoms with van der Waals surface area (Å²) >= 11 is 1.13. The maximum Gasteiger partial charge on any atom is 0.434 e. The molecule has 0 spiro atoms. The van der Waals surface area contributed by atoms with Crippen molar-refractivity contribution in [3.05, 3.63) is 15.6 Å². The third kappa shape index (κ3) is 3.17. The molecule has 0 aliphatic carbocycles. The third-order valence-electron chi connectivity index (χ3n) is 1.85. The Labute approximate surface area is 90.5 Å². The van der Waals surface area contributed by atoms with Crippen molar-refractivity contribution in [3.63, 3.8) is 0 Å². The van der Waals surface area contributed by atoms with Crippen LogP contribution in [-0.2, 0) is 19.1 Å². The van der Waals surface area contributed by atoms with E-state index in [1.165, 1.54) is 0 Å². The Kier molecular flexibility index (Phi) is 4.10. The van der Waals surface area contributed by atoms with Gasteiger partial charge in [-0.05, 0) is 13.0 Å². The lowest BCUT2D eigenvalue weighted by Gasteiger charge is -2.05. The number of nitrogens with one attached hydrogen (secondary N) is 1. The Bertz CT molecular complexity index is 320. The molecule has 0 fully saturated rings. The van der Waals surface area contributed by atoms with Gasteiger partial charge in [0.1, 0.15) is 0 Å². The van der Waals surface area contributed by atoms with Gasteiger partial charge in [-0.25, -0.2) is 4.98 Å². The maximum absolute atomic E-state index is 12.5. The zero-order chi connectivity index (χ0) is 11.5. The number of aromatic nitrogens is 1. The molecule has 1 aromatic rings. The highest BCUT2D eigenvalue weighted by Crippen LogP contribution is 2.34. The van der Waals surface area contributed by atoms with Crippen LogP contribution in [0.3, 0.4) is 0 Å². The molecule has 1 rings (SSSR count). The molecule has 0 amide bonds. The van der Waals surface area contributed by atoms with Crippen LogP contribution in [-0.4, -0.2) is 11.5 Å². The summed E-state index contributed by atoms with van der Waals surface area (Å²) in [4.78, 5) is 3.89. The highest BCUT2D eigenvalue weighted by Gasteiger charge is 2.36. The van der Waals surface area contributed by atoms with Gasteiger partial charge in [-0.1, -0.05) is 13.8 Å². The number of thiazole rings is 1. The first-order valence-corrected chi connectivity index (χ1v) is 5.57. The molecule has 86 valence electrons. The van der Waals surface area contributed by atoms with Crippen molar-refractivity contribution >= 4 is 11.3 Å². The first-order chi connectivity index (χ1) is 6.99. The van der Waals surface area contributed by atoms with E-state index >= 15 is 0 Å². The summed E-state index contributed by atoms with van der Waals surface area (Å²) in [6, 6.07) is 0. The number of aryl methyl sites for hydroxylation is 1. The standard InChI is InChI=1S/C9H13F3N2S/c1-3-7-14-8(9(10,11)12)6(15-7)5-13-4-2/h13H,3-5H2,1-2H3. The second-order valence-corrected chi connectivity index (χ2v) is 4.18. The Morgan fingerprint density at radius 1 is 1.33 bits per heavy atom. The smallest absolute Gasteiger partial charge is 0.312 e. The number of hydrogen-bond donors (Lipinski definition) is 1. The molecule has 0 bridgehead atoms. The van der Waals surface area contributed by atoms with Gasteiger partial charge in [-0.2, -0.15) is 13.2 Å². The highest BCUT2D eigenvalue weighted by molar-refractivity contribution is 7.11. The largest absolute Gasteiger partial charge is 0.434 e. The predicted molar refractivity (Wildman–Crippen MR) is 53.9 cm³/mol. The van der Waals surface area contributed by atoms with Crippen molar-refractivity contribution in [2.75, 3.05) is 6.54 Å². The van der Waals surface area contributed by atoms with Gasteiger partial charge < -0.3 is 5.32 Å². The molecule has 1 N–H and O–H groups in total. The minimum atomic E-state index is -4.34. The number of halogens is 3. The normalized spacial score (nSPS) is 12.1. The van der Waals surface area contributed by atoms with Crippen LogP contribution in [0, 0.1) is 0 Å². The van der Waals surface area contributed by atoms with Crippen LogP contribution in [0.5, 0.6) is 0 Å². The third-order valence-corrected chi connectivity index (χ3v) is 3.05. The molecular formula is C9H13F3N2S. The Balaban J connectivity index is 2.95. The van der Waals surface area contributed by atoms with Gasteiger partial charge in [-0.15, -0.1) is 11.3 Å². The second kappa shape index (κ2) is 4.94. The summed E-state index contributed by atoms with van der Waals surface area (Å²) in [5.41, 5.74) is -0.731. The molecule has 15 heavy (non-hydrogen) atoms. The van der Waals surface area contributed by atoms with Gasteiger partial charge in [0.15, 0.2) is 5.69 Å². The van der Waals surface area contributed by atoms with Crippen LogP contribution in [0.15, 0.2) is 0 Å². The zero-order valence-electron chi connectivity index (χ0n) is 8.61. The van der Waals surface area contributed by atoms with Crippen molar-refractivity contribution in [2.45, 2.75) is 33.0 Å². The van der Waals surface area contributed by atoms with E-state index in [-0.39, 0.29) is 11.4 Å². The monoisotopic (exact) mass is 238 g/mol. The van der Waals surface area contributed by atoms with E-state index in [9.17, 15) is 13.2 Å². The average Bonchev–Trinajstić information content (AvgIpc) is 2.57. The molecule has 0 radical (unpaired) electrons. The van der Waals surface area contributed by atoms with E-state index in [4.69, 9.17) is 0 Å². The summed E-state index contributed by atoms with van der Waals surface area (Å²) in [5, 5.41) is 3.42. The van der Waals surface area contributed by atoms with E-state index in [1.807, 2.05) is 6.92 Å². The first-order valence-electron chi connectivity index (χ1n) is 4.75. The molecule has 6 heteroatoms. The van der Waals surface area contributed by atoms with Gasteiger partial charge >= 0.3 is 6.18 Å². The Morgan fingerprint density at radius 3 is 2.47 bits per heavy atom. The fraction of sp³-hybridized carbons (Fsp3) is 0.667. The van der Waals surface area contributed by atoms with E-state index in [2.05, 4.69) is 10.3 Å². The van der Waals surface area contributed by atoms with E-state index in [0.717, 1.165) is 11.3 Å². The van der Waals surface area contributed by atoms with Crippen molar-refractivity contribution in [1.82, 2.24) is 10.3 Å². The molecule has 0 aliphatic rings. The minimum Gasteiger partial charge on any atom is -0.312 e. The van der Waals surface area contributed by atoms with Crippen molar-refractivity contribution in [3.8, 4) is 0 Å². The predicted octanol–water partition coefficient (Wildman–Crippen LogP) is 2.83. The van der Waals surface area contributed by atoms with Crippen molar-refractivity contribution < 1.29 is 13.2 Å². The van der Waals surface area contributed by atoms with Crippen LogP contribution in [0.25, 0.3) is 0 Å². The topological polar surface area (TPSA) is 24.9 Å². The molecule has 0 atom stereocenters. The molecule has 1 heterocycles. The van der Waals surface area contributed by atoms with Crippen LogP contribution < -0.4 is 5.32 Å². The molecule has 2 nitrogen and oxygen atoms in total.